The van der Waals surface area contributed by atoms with Gasteiger partial charge in [0.25, 0.3) is 5.91 Å². The number of likely N-dealkylation sites (tertiary alicyclic amines) is 1. The van der Waals surface area contributed by atoms with E-state index in [2.05, 4.69) is 15.5 Å². The van der Waals surface area contributed by atoms with E-state index >= 15 is 0 Å². The van der Waals surface area contributed by atoms with Gasteiger partial charge in [-0.1, -0.05) is 41.4 Å². The number of nitrogens with zero attached hydrogens (tertiary/aromatic N) is 1. The highest BCUT2D eigenvalue weighted by molar-refractivity contribution is 6.42. The summed E-state index contributed by atoms with van der Waals surface area (Å²) in [7, 11) is 0. The van der Waals surface area contributed by atoms with Gasteiger partial charge in [-0.15, -0.1) is 0 Å². The van der Waals surface area contributed by atoms with E-state index in [1.54, 1.807) is 18.2 Å². The lowest BCUT2D eigenvalue weighted by Crippen LogP contribution is -2.41. The molecule has 0 radical (unpaired) electrons. The molecule has 166 valence electrons. The molecule has 1 aliphatic rings. The summed E-state index contributed by atoms with van der Waals surface area (Å²) in [4.78, 5) is 27.8. The van der Waals surface area contributed by atoms with Crippen LogP contribution in [-0.2, 0) is 11.3 Å². The summed E-state index contributed by atoms with van der Waals surface area (Å²) >= 11 is 12.1. The van der Waals surface area contributed by atoms with Crippen LogP contribution in [0.4, 0.5) is 5.69 Å². The summed E-state index contributed by atoms with van der Waals surface area (Å²) in [5.74, 6) is -0.311. The second-order valence-electron chi connectivity index (χ2n) is 9.04. The first-order chi connectivity index (χ1) is 14.6. The molecule has 3 rings (SSSR count). The van der Waals surface area contributed by atoms with Gasteiger partial charge in [0, 0.05) is 18.0 Å². The lowest BCUT2D eigenvalue weighted by Gasteiger charge is -2.31. The molecule has 1 saturated heterocycles. The molecule has 0 aliphatic carbocycles. The number of amides is 2. The van der Waals surface area contributed by atoms with Gasteiger partial charge in [0.1, 0.15) is 0 Å². The smallest absolute Gasteiger partial charge is 0.253 e. The molecule has 0 unspecified atom stereocenters. The van der Waals surface area contributed by atoms with Gasteiger partial charge in [0.05, 0.1) is 21.3 Å². The van der Waals surface area contributed by atoms with Crippen LogP contribution in [0.25, 0.3) is 0 Å². The van der Waals surface area contributed by atoms with E-state index in [4.69, 9.17) is 23.2 Å². The Labute approximate surface area is 194 Å². The number of anilines is 1. The Morgan fingerprint density at radius 2 is 1.71 bits per heavy atom. The third-order valence-electron chi connectivity index (χ3n) is 5.27. The Morgan fingerprint density at radius 3 is 2.35 bits per heavy atom. The average Bonchev–Trinajstić information content (AvgIpc) is 2.70. The normalized spacial score (nSPS) is 15.5. The van der Waals surface area contributed by atoms with Crippen molar-refractivity contribution in [3.8, 4) is 0 Å². The Morgan fingerprint density at radius 1 is 1.03 bits per heavy atom. The molecule has 0 atom stereocenters. The van der Waals surface area contributed by atoms with Crippen molar-refractivity contribution in [1.29, 1.82) is 0 Å². The number of carbonyl (C=O) groups is 2. The minimum absolute atomic E-state index is 0.0369. The van der Waals surface area contributed by atoms with Crippen molar-refractivity contribution in [2.75, 3.05) is 18.4 Å². The molecule has 2 amide bonds. The number of halogens is 2. The zero-order chi connectivity index (χ0) is 22.6. The summed E-state index contributed by atoms with van der Waals surface area (Å²) in [6.45, 7) is 8.21. The maximum absolute atomic E-state index is 12.9. The van der Waals surface area contributed by atoms with Gasteiger partial charge < -0.3 is 10.6 Å². The van der Waals surface area contributed by atoms with E-state index in [1.807, 2.05) is 45.0 Å². The molecule has 2 N–H and O–H groups in total. The molecule has 1 heterocycles. The number of para-hydroxylation sites is 1. The number of nitrogens with one attached hydrogen (secondary N) is 2. The maximum atomic E-state index is 12.9. The highest BCUT2D eigenvalue weighted by Crippen LogP contribution is 2.26. The van der Waals surface area contributed by atoms with Crippen molar-refractivity contribution in [2.24, 2.45) is 5.92 Å². The van der Waals surface area contributed by atoms with Gasteiger partial charge in [-0.3, -0.25) is 14.5 Å². The second-order valence-corrected chi connectivity index (χ2v) is 9.85. The van der Waals surface area contributed by atoms with Crippen molar-refractivity contribution >= 4 is 40.7 Å². The van der Waals surface area contributed by atoms with Crippen molar-refractivity contribution < 1.29 is 9.59 Å². The van der Waals surface area contributed by atoms with Crippen LogP contribution >= 0.6 is 23.2 Å². The number of benzene rings is 2. The topological polar surface area (TPSA) is 61.4 Å². The Bertz CT molecular complexity index is 948. The second kappa shape index (κ2) is 10.0. The minimum Gasteiger partial charge on any atom is -0.347 e. The fraction of sp³-hybridized carbons (Fsp3) is 0.417. The van der Waals surface area contributed by atoms with E-state index < -0.39 is 0 Å². The van der Waals surface area contributed by atoms with Crippen molar-refractivity contribution in [3.63, 3.8) is 0 Å². The summed E-state index contributed by atoms with van der Waals surface area (Å²) in [6, 6.07) is 12.8. The Hall–Kier alpha value is -2.08. The van der Waals surface area contributed by atoms with Gasteiger partial charge >= 0.3 is 0 Å². The number of hydrogen-bond acceptors (Lipinski definition) is 3. The fourth-order valence-electron chi connectivity index (χ4n) is 3.68. The Kier molecular flexibility index (Phi) is 7.63. The summed E-state index contributed by atoms with van der Waals surface area (Å²) in [5, 5.41) is 7.04. The first-order valence-corrected chi connectivity index (χ1v) is 11.3. The quantitative estimate of drug-likeness (QED) is 0.628. The van der Waals surface area contributed by atoms with Crippen LogP contribution in [0.3, 0.4) is 0 Å². The molecule has 31 heavy (non-hydrogen) atoms. The molecule has 1 fully saturated rings. The van der Waals surface area contributed by atoms with Crippen molar-refractivity contribution in [3.05, 3.63) is 63.6 Å². The molecular weight excluding hydrogens is 433 g/mol. The molecular formula is C24H29Cl2N3O2. The zero-order valence-corrected chi connectivity index (χ0v) is 19.7. The van der Waals surface area contributed by atoms with E-state index in [0.29, 0.717) is 21.3 Å². The van der Waals surface area contributed by atoms with Gasteiger partial charge in [-0.05, 0) is 76.5 Å². The molecule has 5 nitrogen and oxygen atoms in total. The third-order valence-corrected chi connectivity index (χ3v) is 6.01. The van der Waals surface area contributed by atoms with E-state index in [-0.39, 0.29) is 23.3 Å². The molecule has 1 aliphatic heterocycles. The first-order valence-electron chi connectivity index (χ1n) is 10.5. The fourth-order valence-corrected chi connectivity index (χ4v) is 4.00. The molecule has 0 aromatic heterocycles. The number of carbonyl (C=O) groups excluding carboxylic acids is 2. The molecule has 0 bridgehead atoms. The molecule has 0 spiro atoms. The van der Waals surface area contributed by atoms with Gasteiger partial charge in [-0.25, -0.2) is 0 Å². The maximum Gasteiger partial charge on any atom is 0.253 e. The van der Waals surface area contributed by atoms with Crippen LogP contribution in [0.5, 0.6) is 0 Å². The van der Waals surface area contributed by atoms with Crippen LogP contribution in [0, 0.1) is 5.92 Å². The van der Waals surface area contributed by atoms with Gasteiger partial charge in [-0.2, -0.15) is 0 Å². The molecule has 2 aromatic carbocycles. The molecule has 0 saturated carbocycles. The van der Waals surface area contributed by atoms with Crippen LogP contribution in [0.2, 0.25) is 10.0 Å². The van der Waals surface area contributed by atoms with E-state index in [1.165, 1.54) is 0 Å². The van der Waals surface area contributed by atoms with Crippen LogP contribution in [0.1, 0.15) is 49.5 Å². The van der Waals surface area contributed by atoms with E-state index in [9.17, 15) is 9.59 Å². The van der Waals surface area contributed by atoms with Crippen molar-refractivity contribution in [2.45, 2.75) is 45.7 Å². The largest absolute Gasteiger partial charge is 0.347 e. The highest BCUT2D eigenvalue weighted by atomic mass is 35.5. The number of piperidine rings is 1. The third kappa shape index (κ3) is 6.70. The zero-order valence-electron chi connectivity index (χ0n) is 18.2. The van der Waals surface area contributed by atoms with Crippen LogP contribution < -0.4 is 10.6 Å². The standard InChI is InChI=1S/C24H29Cl2N3O2/c1-24(2,3)28-23(31)18-6-4-5-7-21(18)27-22(30)17-10-12-29(13-11-17)15-16-8-9-19(25)20(26)14-16/h4-9,14,17H,10-13,15H2,1-3H3,(H,27,30)(H,28,31). The van der Waals surface area contributed by atoms with Gasteiger partial charge in [0.15, 0.2) is 0 Å². The predicted molar refractivity (Wildman–Crippen MR) is 127 cm³/mol. The average molecular weight is 462 g/mol. The predicted octanol–water partition coefficient (Wildman–Crippen LogP) is 5.37. The number of hydrogen-bond donors (Lipinski definition) is 2. The van der Waals surface area contributed by atoms with Crippen LogP contribution in [0.15, 0.2) is 42.5 Å². The SMILES string of the molecule is CC(C)(C)NC(=O)c1ccccc1NC(=O)C1CCN(Cc2ccc(Cl)c(Cl)c2)CC1. The summed E-state index contributed by atoms with van der Waals surface area (Å²) < 4.78 is 0. The molecule has 2 aromatic rings. The lowest BCUT2D eigenvalue weighted by atomic mass is 9.95. The number of rotatable bonds is 5. The molecule has 7 heteroatoms. The summed E-state index contributed by atoms with van der Waals surface area (Å²) in [6.07, 6.45) is 1.53. The highest BCUT2D eigenvalue weighted by Gasteiger charge is 2.26. The monoisotopic (exact) mass is 461 g/mol. The van der Waals surface area contributed by atoms with E-state index in [0.717, 1.165) is 38.0 Å². The van der Waals surface area contributed by atoms with Gasteiger partial charge in [0.2, 0.25) is 5.91 Å². The Balaban J connectivity index is 1.57. The first kappa shape index (κ1) is 23.6. The van der Waals surface area contributed by atoms with Crippen LogP contribution in [-0.4, -0.2) is 35.3 Å². The lowest BCUT2D eigenvalue weighted by molar-refractivity contribution is -0.121. The summed E-state index contributed by atoms with van der Waals surface area (Å²) in [5.41, 5.74) is 1.78. The minimum atomic E-state index is -0.352. The van der Waals surface area contributed by atoms with Crippen molar-refractivity contribution in [1.82, 2.24) is 10.2 Å².